The van der Waals surface area contributed by atoms with Gasteiger partial charge in [0.2, 0.25) is 0 Å². The van der Waals surface area contributed by atoms with Crippen LogP contribution in [-0.4, -0.2) is 65.4 Å². The first-order valence-electron chi connectivity index (χ1n) is 7.67. The van der Waals surface area contributed by atoms with E-state index >= 15 is 0 Å². The van der Waals surface area contributed by atoms with Crippen LogP contribution >= 0.6 is 0 Å². The predicted octanol–water partition coefficient (Wildman–Crippen LogP) is 0.488. The van der Waals surface area contributed by atoms with E-state index in [0.29, 0.717) is 6.04 Å². The molecule has 2 rings (SSSR count). The summed E-state index contributed by atoms with van der Waals surface area (Å²) in [5.41, 5.74) is 8.91. The van der Waals surface area contributed by atoms with Crippen molar-refractivity contribution >= 4 is 0 Å². The summed E-state index contributed by atoms with van der Waals surface area (Å²) >= 11 is 0. The lowest BCUT2D eigenvalue weighted by molar-refractivity contribution is 0.194. The molecule has 2 unspecified atom stereocenters. The van der Waals surface area contributed by atoms with Gasteiger partial charge in [0, 0.05) is 37.8 Å². The Bertz CT molecular complexity index is 428. The maximum absolute atomic E-state index is 6.51. The lowest BCUT2D eigenvalue weighted by atomic mass is 10.0. The molecule has 1 aliphatic rings. The highest BCUT2D eigenvalue weighted by Crippen LogP contribution is 2.14. The Labute approximate surface area is 122 Å². The smallest absolute Gasteiger partial charge is 0.0624 e. The fraction of sp³-hybridized carbons (Fsp3) is 0.800. The molecule has 2 heterocycles. The molecular formula is C15H29N5. The van der Waals surface area contributed by atoms with Crippen LogP contribution in [0.3, 0.4) is 0 Å². The summed E-state index contributed by atoms with van der Waals surface area (Å²) in [5.74, 6) is 0. The van der Waals surface area contributed by atoms with Crippen LogP contribution < -0.4 is 5.73 Å². The van der Waals surface area contributed by atoms with Crippen LogP contribution in [0.4, 0.5) is 0 Å². The third-order valence-electron chi connectivity index (χ3n) is 4.44. The zero-order valence-electron chi connectivity index (χ0n) is 13.3. The minimum Gasteiger partial charge on any atom is -0.326 e. The van der Waals surface area contributed by atoms with Crippen LogP contribution in [-0.2, 0) is 19.9 Å². The summed E-state index contributed by atoms with van der Waals surface area (Å²) in [5, 5.41) is 4.52. The third-order valence-corrected chi connectivity index (χ3v) is 4.44. The molecule has 0 spiro atoms. The molecular weight excluding hydrogens is 250 g/mol. The number of nitrogens with zero attached hydrogens (tertiary/aromatic N) is 4. The maximum Gasteiger partial charge on any atom is 0.0624 e. The Kier molecular flexibility index (Phi) is 5.18. The van der Waals surface area contributed by atoms with Gasteiger partial charge in [0.05, 0.1) is 5.69 Å². The minimum atomic E-state index is 0.153. The van der Waals surface area contributed by atoms with Crippen molar-refractivity contribution < 1.29 is 0 Å². The average molecular weight is 279 g/mol. The zero-order valence-corrected chi connectivity index (χ0v) is 13.3. The highest BCUT2D eigenvalue weighted by atomic mass is 15.3. The zero-order chi connectivity index (χ0) is 14.7. The Morgan fingerprint density at radius 1 is 1.35 bits per heavy atom. The van der Waals surface area contributed by atoms with Crippen molar-refractivity contribution in [1.29, 1.82) is 0 Å². The van der Waals surface area contributed by atoms with Gasteiger partial charge < -0.3 is 15.5 Å². The molecule has 1 aromatic rings. The average Bonchev–Trinajstić information content (AvgIpc) is 2.66. The van der Waals surface area contributed by atoms with Gasteiger partial charge in [-0.2, -0.15) is 5.10 Å². The van der Waals surface area contributed by atoms with E-state index in [1.807, 2.05) is 11.7 Å². The second-order valence-corrected chi connectivity index (χ2v) is 6.14. The Morgan fingerprint density at radius 2 is 2.10 bits per heavy atom. The van der Waals surface area contributed by atoms with Crippen molar-refractivity contribution in [2.24, 2.45) is 12.8 Å². The molecule has 0 aromatic carbocycles. The molecule has 0 bridgehead atoms. The summed E-state index contributed by atoms with van der Waals surface area (Å²) in [7, 11) is 6.41. The highest BCUT2D eigenvalue weighted by Gasteiger charge is 2.26. The number of hydrogen-bond donors (Lipinski definition) is 1. The number of nitrogens with two attached hydrogens (primary N) is 1. The van der Waals surface area contributed by atoms with Gasteiger partial charge in [0.15, 0.2) is 0 Å². The lowest BCUT2D eigenvalue weighted by Crippen LogP contribution is -2.51. The highest BCUT2D eigenvalue weighted by molar-refractivity contribution is 5.12. The molecule has 114 valence electrons. The van der Waals surface area contributed by atoms with E-state index in [0.717, 1.165) is 31.6 Å². The van der Waals surface area contributed by atoms with Gasteiger partial charge in [-0.1, -0.05) is 6.92 Å². The minimum absolute atomic E-state index is 0.153. The normalized spacial score (nSPS) is 23.8. The summed E-state index contributed by atoms with van der Waals surface area (Å²) in [6, 6.07) is 2.77. The van der Waals surface area contributed by atoms with Crippen LogP contribution in [0.2, 0.25) is 0 Å². The predicted molar refractivity (Wildman–Crippen MR) is 82.8 cm³/mol. The first-order chi connectivity index (χ1) is 9.51. The Hall–Kier alpha value is -0.910. The van der Waals surface area contributed by atoms with Crippen molar-refractivity contribution in [3.05, 3.63) is 17.5 Å². The fourth-order valence-corrected chi connectivity index (χ4v) is 3.08. The maximum atomic E-state index is 6.51. The largest absolute Gasteiger partial charge is 0.326 e. The Balaban J connectivity index is 2.05. The number of hydrogen-bond acceptors (Lipinski definition) is 4. The summed E-state index contributed by atoms with van der Waals surface area (Å²) in [6.45, 7) is 5.49. The van der Waals surface area contributed by atoms with Crippen LogP contribution in [0.15, 0.2) is 6.07 Å². The second-order valence-electron chi connectivity index (χ2n) is 6.14. The molecule has 2 atom stereocenters. The summed E-state index contributed by atoms with van der Waals surface area (Å²) in [4.78, 5) is 4.82. The molecule has 0 saturated carbocycles. The molecule has 2 N–H and O–H groups in total. The monoisotopic (exact) mass is 279 g/mol. The van der Waals surface area contributed by atoms with Gasteiger partial charge in [-0.05, 0) is 46.1 Å². The van der Waals surface area contributed by atoms with Gasteiger partial charge in [0.1, 0.15) is 0 Å². The van der Waals surface area contributed by atoms with Gasteiger partial charge in [0.25, 0.3) is 0 Å². The van der Waals surface area contributed by atoms with Crippen LogP contribution in [0.1, 0.15) is 24.7 Å². The first-order valence-corrected chi connectivity index (χ1v) is 7.67. The first kappa shape index (κ1) is 15.5. The van der Waals surface area contributed by atoms with Gasteiger partial charge in [-0.25, -0.2) is 0 Å². The number of likely N-dealkylation sites (N-methyl/N-ethyl adjacent to an activating group) is 2. The van der Waals surface area contributed by atoms with Crippen LogP contribution in [0.5, 0.6) is 0 Å². The lowest BCUT2D eigenvalue weighted by Gasteiger charge is -2.32. The van der Waals surface area contributed by atoms with Crippen LogP contribution in [0, 0.1) is 0 Å². The molecule has 0 aliphatic carbocycles. The number of aryl methyl sites for hydroxylation is 2. The molecule has 0 radical (unpaired) electrons. The second kappa shape index (κ2) is 6.70. The SMILES string of the molecule is CCc1cc(CC(N)C2CN(C)CCCN2C)n(C)n1. The molecule has 1 fully saturated rings. The van der Waals surface area contributed by atoms with Crippen molar-refractivity contribution in [2.75, 3.05) is 33.7 Å². The van der Waals surface area contributed by atoms with E-state index in [4.69, 9.17) is 5.73 Å². The number of rotatable bonds is 4. The van der Waals surface area contributed by atoms with E-state index in [9.17, 15) is 0 Å². The van der Waals surface area contributed by atoms with E-state index < -0.39 is 0 Å². The topological polar surface area (TPSA) is 50.3 Å². The third kappa shape index (κ3) is 3.59. The van der Waals surface area contributed by atoms with Gasteiger partial charge in [-0.15, -0.1) is 0 Å². The number of aromatic nitrogens is 2. The van der Waals surface area contributed by atoms with Gasteiger partial charge in [-0.3, -0.25) is 4.68 Å². The summed E-state index contributed by atoms with van der Waals surface area (Å²) < 4.78 is 1.99. The molecule has 1 aliphatic heterocycles. The van der Waals surface area contributed by atoms with E-state index in [1.54, 1.807) is 0 Å². The van der Waals surface area contributed by atoms with E-state index in [2.05, 4.69) is 42.0 Å². The van der Waals surface area contributed by atoms with E-state index in [-0.39, 0.29) is 6.04 Å². The molecule has 5 nitrogen and oxygen atoms in total. The van der Waals surface area contributed by atoms with Crippen LogP contribution in [0.25, 0.3) is 0 Å². The molecule has 0 amide bonds. The Morgan fingerprint density at radius 3 is 2.75 bits per heavy atom. The molecule has 5 heteroatoms. The van der Waals surface area contributed by atoms with Crippen molar-refractivity contribution in [3.63, 3.8) is 0 Å². The fourth-order valence-electron chi connectivity index (χ4n) is 3.08. The molecule has 20 heavy (non-hydrogen) atoms. The molecule has 1 aromatic heterocycles. The van der Waals surface area contributed by atoms with Crippen molar-refractivity contribution in [3.8, 4) is 0 Å². The summed E-state index contributed by atoms with van der Waals surface area (Å²) in [6.07, 6.45) is 3.10. The standard InChI is InChI=1S/C15H29N5/c1-5-12-9-13(20(4)17-12)10-14(16)15-11-18(2)7-6-8-19(15)3/h9,14-15H,5-8,10-11,16H2,1-4H3. The van der Waals surface area contributed by atoms with E-state index in [1.165, 1.54) is 18.7 Å². The molecule has 1 saturated heterocycles. The van der Waals surface area contributed by atoms with Crippen molar-refractivity contribution in [1.82, 2.24) is 19.6 Å². The van der Waals surface area contributed by atoms with Gasteiger partial charge >= 0.3 is 0 Å². The quantitative estimate of drug-likeness (QED) is 0.871. The van der Waals surface area contributed by atoms with Crippen molar-refractivity contribution in [2.45, 2.75) is 38.3 Å².